The zero-order valence-corrected chi connectivity index (χ0v) is 13.5. The van der Waals surface area contributed by atoms with Crippen LogP contribution in [0.2, 0.25) is 0 Å². The molecular weight excluding hydrogens is 234 g/mol. The van der Waals surface area contributed by atoms with Crippen LogP contribution in [0.15, 0.2) is 0 Å². The molecule has 0 amide bonds. The van der Waals surface area contributed by atoms with Gasteiger partial charge in [0, 0.05) is 6.54 Å². The van der Waals surface area contributed by atoms with Crippen LogP contribution in [0, 0.1) is 0 Å². The summed E-state index contributed by atoms with van der Waals surface area (Å²) in [4.78, 5) is 5.40. The summed E-state index contributed by atoms with van der Waals surface area (Å²) in [7, 11) is 0. The molecule has 0 saturated carbocycles. The molecule has 0 rings (SSSR count). The predicted molar refractivity (Wildman–Crippen MR) is 85.3 cm³/mol. The maximum Gasteiger partial charge on any atom is 0.0682 e. The van der Waals surface area contributed by atoms with Gasteiger partial charge in [0.05, 0.1) is 6.61 Å². The molecule has 116 valence electrons. The molecule has 0 aliphatic carbocycles. The summed E-state index contributed by atoms with van der Waals surface area (Å²) in [6, 6.07) is 0. The SMILES string of the molecule is CCCCCCCCCCCCONCCCCC. The smallest absolute Gasteiger partial charge is 0.0682 e. The van der Waals surface area contributed by atoms with E-state index in [1.807, 2.05) is 0 Å². The Hall–Kier alpha value is -0.0800. The second-order valence-corrected chi connectivity index (χ2v) is 5.63. The standard InChI is InChI=1S/C17H37NO/c1-3-5-7-8-9-10-11-12-13-15-17-19-18-16-14-6-4-2/h18H,3-17H2,1-2H3. The number of nitrogens with one attached hydrogen (secondary N) is 1. The first-order valence-electron chi connectivity index (χ1n) is 8.76. The summed E-state index contributed by atoms with van der Waals surface area (Å²) in [5, 5.41) is 0. The van der Waals surface area contributed by atoms with Crippen molar-refractivity contribution in [3.8, 4) is 0 Å². The minimum Gasteiger partial charge on any atom is -0.302 e. The fraction of sp³-hybridized carbons (Fsp3) is 1.00. The average Bonchev–Trinajstić information content (AvgIpc) is 2.43. The molecule has 0 heterocycles. The molecule has 0 aromatic heterocycles. The van der Waals surface area contributed by atoms with Crippen LogP contribution in [-0.2, 0) is 4.84 Å². The van der Waals surface area contributed by atoms with E-state index in [9.17, 15) is 0 Å². The highest BCUT2D eigenvalue weighted by molar-refractivity contribution is 4.47. The van der Waals surface area contributed by atoms with E-state index in [0.717, 1.165) is 13.2 Å². The van der Waals surface area contributed by atoms with E-state index in [-0.39, 0.29) is 0 Å². The monoisotopic (exact) mass is 271 g/mol. The van der Waals surface area contributed by atoms with Gasteiger partial charge in [-0.05, 0) is 12.8 Å². The maximum atomic E-state index is 5.40. The Morgan fingerprint density at radius 2 is 1.05 bits per heavy atom. The largest absolute Gasteiger partial charge is 0.302 e. The van der Waals surface area contributed by atoms with Crippen LogP contribution >= 0.6 is 0 Å². The van der Waals surface area contributed by atoms with Gasteiger partial charge in [0.1, 0.15) is 0 Å². The molecule has 0 atom stereocenters. The molecular formula is C17H37NO. The van der Waals surface area contributed by atoms with Crippen molar-refractivity contribution in [2.24, 2.45) is 0 Å². The molecule has 0 aliphatic rings. The van der Waals surface area contributed by atoms with Crippen molar-refractivity contribution in [3.63, 3.8) is 0 Å². The van der Waals surface area contributed by atoms with E-state index in [1.165, 1.54) is 83.5 Å². The Labute approximate surface area is 121 Å². The fourth-order valence-electron chi connectivity index (χ4n) is 2.25. The molecule has 0 unspecified atom stereocenters. The van der Waals surface area contributed by atoms with Crippen molar-refractivity contribution in [1.82, 2.24) is 5.48 Å². The van der Waals surface area contributed by atoms with Crippen LogP contribution in [0.1, 0.15) is 97.3 Å². The summed E-state index contributed by atoms with van der Waals surface area (Å²) in [5.74, 6) is 0. The van der Waals surface area contributed by atoms with E-state index >= 15 is 0 Å². The topological polar surface area (TPSA) is 21.3 Å². The summed E-state index contributed by atoms with van der Waals surface area (Å²) in [6.45, 7) is 6.39. The average molecular weight is 271 g/mol. The number of hydrogen-bond donors (Lipinski definition) is 1. The number of hydrogen-bond acceptors (Lipinski definition) is 2. The Morgan fingerprint density at radius 1 is 0.579 bits per heavy atom. The number of rotatable bonds is 16. The summed E-state index contributed by atoms with van der Waals surface area (Å²) < 4.78 is 0. The molecule has 0 aliphatic heterocycles. The molecule has 19 heavy (non-hydrogen) atoms. The van der Waals surface area contributed by atoms with Crippen LogP contribution in [0.5, 0.6) is 0 Å². The van der Waals surface area contributed by atoms with Gasteiger partial charge >= 0.3 is 0 Å². The quantitative estimate of drug-likeness (QED) is 0.290. The minimum atomic E-state index is 0.878. The van der Waals surface area contributed by atoms with Gasteiger partial charge in [-0.15, -0.1) is 0 Å². The summed E-state index contributed by atoms with van der Waals surface area (Å²) in [5.41, 5.74) is 3.05. The number of unbranched alkanes of at least 4 members (excludes halogenated alkanes) is 11. The zero-order chi connectivity index (χ0) is 14.0. The Bertz CT molecular complexity index is 134. The first-order chi connectivity index (χ1) is 9.41. The van der Waals surface area contributed by atoms with Crippen molar-refractivity contribution in [1.29, 1.82) is 0 Å². The summed E-state index contributed by atoms with van der Waals surface area (Å²) in [6.07, 6.45) is 17.7. The molecule has 2 nitrogen and oxygen atoms in total. The molecule has 2 heteroatoms. The molecule has 0 fully saturated rings. The van der Waals surface area contributed by atoms with Gasteiger partial charge in [0.2, 0.25) is 0 Å². The van der Waals surface area contributed by atoms with Gasteiger partial charge in [-0.2, -0.15) is 0 Å². The lowest BCUT2D eigenvalue weighted by Gasteiger charge is -2.05. The highest BCUT2D eigenvalue weighted by atomic mass is 16.6. The normalized spacial score (nSPS) is 11.1. The Morgan fingerprint density at radius 3 is 1.63 bits per heavy atom. The predicted octanol–water partition coefficient (Wildman–Crippen LogP) is 5.62. The maximum absolute atomic E-state index is 5.40. The van der Waals surface area contributed by atoms with E-state index in [4.69, 9.17) is 4.84 Å². The third-order valence-electron chi connectivity index (χ3n) is 3.58. The lowest BCUT2D eigenvalue weighted by Crippen LogP contribution is -2.16. The molecule has 0 spiro atoms. The summed E-state index contributed by atoms with van der Waals surface area (Å²) >= 11 is 0. The van der Waals surface area contributed by atoms with Gasteiger partial charge in [0.25, 0.3) is 0 Å². The van der Waals surface area contributed by atoms with E-state index in [0.29, 0.717) is 0 Å². The lowest BCUT2D eigenvalue weighted by atomic mass is 10.1. The minimum absolute atomic E-state index is 0.878. The van der Waals surface area contributed by atoms with E-state index in [1.54, 1.807) is 0 Å². The molecule has 0 bridgehead atoms. The molecule has 0 aromatic rings. The van der Waals surface area contributed by atoms with E-state index < -0.39 is 0 Å². The number of hydroxylamine groups is 1. The first kappa shape index (κ1) is 18.9. The third-order valence-corrected chi connectivity index (χ3v) is 3.58. The second-order valence-electron chi connectivity index (χ2n) is 5.63. The van der Waals surface area contributed by atoms with Gasteiger partial charge in [-0.3, -0.25) is 0 Å². The zero-order valence-electron chi connectivity index (χ0n) is 13.5. The van der Waals surface area contributed by atoms with Crippen LogP contribution in [-0.4, -0.2) is 13.2 Å². The highest BCUT2D eigenvalue weighted by Gasteiger charge is 1.93. The molecule has 1 N–H and O–H groups in total. The van der Waals surface area contributed by atoms with Crippen LogP contribution in [0.25, 0.3) is 0 Å². The van der Waals surface area contributed by atoms with Crippen LogP contribution in [0.4, 0.5) is 0 Å². The van der Waals surface area contributed by atoms with Gasteiger partial charge in [-0.25, -0.2) is 5.48 Å². The van der Waals surface area contributed by atoms with Crippen LogP contribution < -0.4 is 5.48 Å². The van der Waals surface area contributed by atoms with E-state index in [2.05, 4.69) is 19.3 Å². The van der Waals surface area contributed by atoms with Crippen molar-refractivity contribution in [2.45, 2.75) is 97.3 Å². The molecule has 0 aromatic carbocycles. The third kappa shape index (κ3) is 17.9. The van der Waals surface area contributed by atoms with Gasteiger partial charge in [0.15, 0.2) is 0 Å². The first-order valence-corrected chi connectivity index (χ1v) is 8.76. The Kier molecular flexibility index (Phi) is 17.8. The van der Waals surface area contributed by atoms with Gasteiger partial charge < -0.3 is 4.84 Å². The lowest BCUT2D eigenvalue weighted by molar-refractivity contribution is 0.0377. The molecule has 0 radical (unpaired) electrons. The van der Waals surface area contributed by atoms with Crippen molar-refractivity contribution < 1.29 is 4.84 Å². The fourth-order valence-corrected chi connectivity index (χ4v) is 2.25. The Balaban J connectivity index is 2.88. The van der Waals surface area contributed by atoms with Crippen molar-refractivity contribution >= 4 is 0 Å². The highest BCUT2D eigenvalue weighted by Crippen LogP contribution is 2.10. The molecule has 0 saturated heterocycles. The van der Waals surface area contributed by atoms with Crippen molar-refractivity contribution in [2.75, 3.05) is 13.2 Å². The second kappa shape index (κ2) is 17.9. The van der Waals surface area contributed by atoms with Gasteiger partial charge in [-0.1, -0.05) is 84.5 Å². The van der Waals surface area contributed by atoms with Crippen LogP contribution in [0.3, 0.4) is 0 Å². The van der Waals surface area contributed by atoms with Crippen molar-refractivity contribution in [3.05, 3.63) is 0 Å².